The molecule has 0 fully saturated rings. The van der Waals surface area contributed by atoms with Crippen molar-refractivity contribution in [2.75, 3.05) is 19.0 Å². The van der Waals surface area contributed by atoms with E-state index >= 15 is 0 Å². The molecule has 0 aliphatic carbocycles. The fraction of sp³-hybridized carbons (Fsp3) is 0.222. The molecule has 2 rings (SSSR count). The molecule has 0 spiro atoms. The summed E-state index contributed by atoms with van der Waals surface area (Å²) in [6, 6.07) is 11.2. The van der Waals surface area contributed by atoms with Crippen LogP contribution in [0.25, 0.3) is 0 Å². The van der Waals surface area contributed by atoms with Crippen LogP contribution in [0.3, 0.4) is 0 Å². The number of hydrogen-bond acceptors (Lipinski definition) is 3. The van der Waals surface area contributed by atoms with Gasteiger partial charge in [-0.25, -0.2) is 0 Å². The molecule has 0 bridgehead atoms. The molecular weight excluding hydrogens is 429 g/mol. The first kappa shape index (κ1) is 20.8. The fourth-order valence-corrected chi connectivity index (χ4v) is 2.58. The normalized spacial score (nSPS) is 11.0. The maximum absolute atomic E-state index is 12.4. The summed E-state index contributed by atoms with van der Waals surface area (Å²) in [5.41, 5.74) is 1.38. The Bertz CT molecular complexity index is 824. The van der Waals surface area contributed by atoms with E-state index in [1.165, 1.54) is 7.11 Å². The van der Waals surface area contributed by atoms with Crippen molar-refractivity contribution >= 4 is 33.4 Å². The minimum atomic E-state index is -4.45. The zero-order chi connectivity index (χ0) is 20.0. The van der Waals surface area contributed by atoms with Gasteiger partial charge < -0.3 is 15.4 Å². The van der Waals surface area contributed by atoms with Crippen LogP contribution in [0.5, 0.6) is 5.75 Å². The number of ether oxygens (including phenoxy) is 1. The van der Waals surface area contributed by atoms with Crippen molar-refractivity contribution in [3.63, 3.8) is 0 Å². The van der Waals surface area contributed by atoms with Gasteiger partial charge in [0.15, 0.2) is 0 Å². The summed E-state index contributed by atoms with van der Waals surface area (Å²) < 4.78 is 41.9. The van der Waals surface area contributed by atoms with Crippen LogP contribution >= 0.6 is 15.9 Å². The summed E-state index contributed by atoms with van der Waals surface area (Å²) in [7, 11) is 1.49. The number of methoxy groups -OCH3 is 1. The predicted octanol–water partition coefficient (Wildman–Crippen LogP) is 3.93. The smallest absolute Gasteiger partial charge is 0.405 e. The highest BCUT2D eigenvalue weighted by atomic mass is 79.9. The van der Waals surface area contributed by atoms with E-state index in [2.05, 4.69) is 21.2 Å². The van der Waals surface area contributed by atoms with Crippen LogP contribution in [0.1, 0.15) is 15.9 Å². The number of anilines is 1. The lowest BCUT2D eigenvalue weighted by molar-refractivity contribution is -0.138. The molecule has 9 heteroatoms. The topological polar surface area (TPSA) is 67.4 Å². The van der Waals surface area contributed by atoms with Crippen molar-refractivity contribution in [2.24, 2.45) is 0 Å². The second-order valence-electron chi connectivity index (χ2n) is 5.57. The Labute approximate surface area is 162 Å². The highest BCUT2D eigenvalue weighted by Gasteiger charge is 2.27. The van der Waals surface area contributed by atoms with Crippen LogP contribution < -0.4 is 15.4 Å². The number of carbonyl (C=O) groups is 2. The van der Waals surface area contributed by atoms with Crippen molar-refractivity contribution < 1.29 is 27.5 Å². The fourth-order valence-electron chi connectivity index (χ4n) is 2.16. The number of alkyl halides is 3. The molecule has 144 valence electrons. The lowest BCUT2D eigenvalue weighted by Crippen LogP contribution is -2.34. The van der Waals surface area contributed by atoms with Crippen molar-refractivity contribution in [3.8, 4) is 5.75 Å². The van der Waals surface area contributed by atoms with Crippen molar-refractivity contribution in [1.82, 2.24) is 5.32 Å². The molecule has 0 aromatic heterocycles. The van der Waals surface area contributed by atoms with Gasteiger partial charge >= 0.3 is 6.18 Å². The molecule has 0 saturated carbocycles. The number of carbonyl (C=O) groups excluding carboxylic acids is 2. The quantitative estimate of drug-likeness (QED) is 0.709. The van der Waals surface area contributed by atoms with Crippen molar-refractivity contribution in [1.29, 1.82) is 0 Å². The van der Waals surface area contributed by atoms with Gasteiger partial charge in [0.25, 0.3) is 5.91 Å². The van der Waals surface area contributed by atoms with Gasteiger partial charge in [-0.1, -0.05) is 12.1 Å². The summed E-state index contributed by atoms with van der Waals surface area (Å²) in [5.74, 6) is -0.565. The van der Waals surface area contributed by atoms with Gasteiger partial charge in [-0.3, -0.25) is 9.59 Å². The van der Waals surface area contributed by atoms with Crippen LogP contribution in [-0.4, -0.2) is 31.6 Å². The SMILES string of the molecule is COc1ccc(Br)c(C(=O)Nc2ccc(CC(=O)NCC(F)(F)F)cc2)c1. The zero-order valence-corrected chi connectivity index (χ0v) is 15.8. The Morgan fingerprint density at radius 1 is 1.11 bits per heavy atom. The average Bonchev–Trinajstić information content (AvgIpc) is 2.61. The van der Waals surface area contributed by atoms with Gasteiger partial charge in [-0.15, -0.1) is 0 Å². The Morgan fingerprint density at radius 2 is 1.78 bits per heavy atom. The van der Waals surface area contributed by atoms with Gasteiger partial charge in [0.1, 0.15) is 12.3 Å². The number of rotatable bonds is 6. The molecule has 0 radical (unpaired) electrons. The average molecular weight is 445 g/mol. The first-order valence-corrected chi connectivity index (χ1v) is 8.54. The summed E-state index contributed by atoms with van der Waals surface area (Å²) in [6.07, 6.45) is -4.63. The summed E-state index contributed by atoms with van der Waals surface area (Å²) in [4.78, 5) is 23.9. The van der Waals surface area contributed by atoms with E-state index in [1.54, 1.807) is 47.8 Å². The van der Waals surface area contributed by atoms with Gasteiger partial charge in [-0.2, -0.15) is 13.2 Å². The lowest BCUT2D eigenvalue weighted by atomic mass is 10.1. The van der Waals surface area contributed by atoms with Gasteiger partial charge in [0.2, 0.25) is 5.91 Å². The Hall–Kier alpha value is -2.55. The highest BCUT2D eigenvalue weighted by molar-refractivity contribution is 9.10. The van der Waals surface area contributed by atoms with E-state index in [4.69, 9.17) is 4.74 Å². The standard InChI is InChI=1S/C18H16BrF3N2O3/c1-27-13-6-7-15(19)14(9-13)17(26)24-12-4-2-11(3-5-12)8-16(25)23-10-18(20,21)22/h2-7,9H,8,10H2,1H3,(H,23,25)(H,24,26). The molecule has 2 amide bonds. The molecule has 2 N–H and O–H groups in total. The summed E-state index contributed by atoms with van der Waals surface area (Å²) >= 11 is 3.30. The highest BCUT2D eigenvalue weighted by Crippen LogP contribution is 2.23. The van der Waals surface area contributed by atoms with Crippen molar-refractivity contribution in [3.05, 3.63) is 58.1 Å². The molecule has 27 heavy (non-hydrogen) atoms. The van der Waals surface area contributed by atoms with Gasteiger partial charge in [0, 0.05) is 10.2 Å². The van der Waals surface area contributed by atoms with E-state index < -0.39 is 18.6 Å². The third kappa shape index (κ3) is 6.59. The first-order chi connectivity index (χ1) is 12.7. The third-order valence-corrected chi connectivity index (χ3v) is 4.17. The van der Waals surface area contributed by atoms with Crippen LogP contribution in [-0.2, 0) is 11.2 Å². The number of halogens is 4. The van der Waals surface area contributed by atoms with E-state index in [0.29, 0.717) is 27.0 Å². The van der Waals surface area contributed by atoms with Gasteiger partial charge in [0.05, 0.1) is 19.1 Å². The van der Waals surface area contributed by atoms with Crippen LogP contribution in [0.15, 0.2) is 46.9 Å². The Morgan fingerprint density at radius 3 is 2.37 bits per heavy atom. The molecule has 0 atom stereocenters. The van der Waals surface area contributed by atoms with Crippen molar-refractivity contribution in [2.45, 2.75) is 12.6 Å². The number of hydrogen-bond donors (Lipinski definition) is 2. The monoisotopic (exact) mass is 444 g/mol. The molecule has 0 aliphatic rings. The molecule has 0 aliphatic heterocycles. The molecule has 0 saturated heterocycles. The maximum Gasteiger partial charge on any atom is 0.405 e. The van der Waals surface area contributed by atoms with E-state index in [1.807, 2.05) is 0 Å². The van der Waals surface area contributed by atoms with Crippen LogP contribution in [0.2, 0.25) is 0 Å². The summed E-state index contributed by atoms with van der Waals surface area (Å²) in [6.45, 7) is -1.37. The number of nitrogens with one attached hydrogen (secondary N) is 2. The molecule has 2 aromatic carbocycles. The molecule has 0 unspecified atom stereocenters. The minimum absolute atomic E-state index is 0.189. The molecule has 5 nitrogen and oxygen atoms in total. The Balaban J connectivity index is 1.97. The minimum Gasteiger partial charge on any atom is -0.497 e. The third-order valence-electron chi connectivity index (χ3n) is 3.48. The van der Waals surface area contributed by atoms with E-state index in [0.717, 1.165) is 0 Å². The second kappa shape index (κ2) is 8.90. The van der Waals surface area contributed by atoms with E-state index in [-0.39, 0.29) is 12.3 Å². The number of benzene rings is 2. The largest absolute Gasteiger partial charge is 0.497 e. The van der Waals surface area contributed by atoms with Crippen LogP contribution in [0, 0.1) is 0 Å². The van der Waals surface area contributed by atoms with Gasteiger partial charge in [-0.05, 0) is 51.8 Å². The maximum atomic E-state index is 12.4. The number of amides is 2. The zero-order valence-electron chi connectivity index (χ0n) is 14.2. The van der Waals surface area contributed by atoms with E-state index in [9.17, 15) is 22.8 Å². The molecule has 0 heterocycles. The lowest BCUT2D eigenvalue weighted by Gasteiger charge is -2.10. The Kier molecular flexibility index (Phi) is 6.84. The summed E-state index contributed by atoms with van der Waals surface area (Å²) in [5, 5.41) is 4.51. The molecule has 2 aromatic rings. The van der Waals surface area contributed by atoms with Crippen LogP contribution in [0.4, 0.5) is 18.9 Å². The molecular formula is C18H16BrF3N2O3. The predicted molar refractivity (Wildman–Crippen MR) is 97.9 cm³/mol. The first-order valence-electron chi connectivity index (χ1n) is 7.75. The second-order valence-corrected chi connectivity index (χ2v) is 6.42.